The van der Waals surface area contributed by atoms with Crippen LogP contribution in [0.1, 0.15) is 5.69 Å². The molecule has 0 amide bonds. The summed E-state index contributed by atoms with van der Waals surface area (Å²) >= 11 is 0. The Kier molecular flexibility index (Phi) is 2.65. The lowest BCUT2D eigenvalue weighted by molar-refractivity contribution is 0.412. The van der Waals surface area contributed by atoms with E-state index in [0.717, 1.165) is 13.0 Å². The van der Waals surface area contributed by atoms with Gasteiger partial charge in [0.25, 0.3) is 0 Å². The Morgan fingerprint density at radius 1 is 1.55 bits per heavy atom. The molecule has 3 heteroatoms. The van der Waals surface area contributed by atoms with E-state index in [9.17, 15) is 0 Å². The van der Waals surface area contributed by atoms with Crippen LogP contribution in [0.5, 0.6) is 0 Å². The van der Waals surface area contributed by atoms with Crippen LogP contribution in [0.2, 0.25) is 0 Å². The molecule has 1 heterocycles. The van der Waals surface area contributed by atoms with Crippen molar-refractivity contribution in [2.75, 3.05) is 20.6 Å². The van der Waals surface area contributed by atoms with Crippen molar-refractivity contribution >= 4 is 0 Å². The van der Waals surface area contributed by atoms with Crippen LogP contribution < -0.4 is 0 Å². The number of rotatable bonds is 3. The maximum absolute atomic E-state index is 4.22. The van der Waals surface area contributed by atoms with Gasteiger partial charge in [-0.1, -0.05) is 0 Å². The molecule has 1 rings (SSSR count). The molecule has 3 nitrogen and oxygen atoms in total. The molecule has 62 valence electrons. The lowest BCUT2D eigenvalue weighted by atomic mass is 10.3. The van der Waals surface area contributed by atoms with Crippen molar-refractivity contribution in [1.82, 2.24) is 14.5 Å². The van der Waals surface area contributed by atoms with E-state index in [-0.39, 0.29) is 0 Å². The molecule has 0 spiro atoms. The SMILES string of the molecule is CN(C)CCc1cn(C)cn1. The van der Waals surface area contributed by atoms with Gasteiger partial charge in [-0.2, -0.15) is 0 Å². The number of hydrogen-bond donors (Lipinski definition) is 0. The second kappa shape index (κ2) is 3.53. The van der Waals surface area contributed by atoms with Crippen LogP contribution >= 0.6 is 0 Å². The highest BCUT2D eigenvalue weighted by molar-refractivity contribution is 4.96. The van der Waals surface area contributed by atoms with E-state index in [2.05, 4.69) is 30.2 Å². The highest BCUT2D eigenvalue weighted by Crippen LogP contribution is 1.95. The second-order valence-corrected chi connectivity index (χ2v) is 3.08. The lowest BCUT2D eigenvalue weighted by Crippen LogP contribution is -2.15. The van der Waals surface area contributed by atoms with Gasteiger partial charge in [0.1, 0.15) is 0 Å². The Bertz CT molecular complexity index is 215. The molecule has 0 bridgehead atoms. The molecule has 0 aromatic carbocycles. The molecule has 0 saturated heterocycles. The fraction of sp³-hybridized carbons (Fsp3) is 0.625. The third-order valence-corrected chi connectivity index (χ3v) is 1.57. The highest BCUT2D eigenvalue weighted by Gasteiger charge is 1.96. The van der Waals surface area contributed by atoms with Gasteiger partial charge in [0.2, 0.25) is 0 Å². The Balaban J connectivity index is 2.39. The largest absolute Gasteiger partial charge is 0.340 e. The van der Waals surface area contributed by atoms with E-state index in [1.165, 1.54) is 5.69 Å². The topological polar surface area (TPSA) is 21.1 Å². The Morgan fingerprint density at radius 2 is 2.27 bits per heavy atom. The fourth-order valence-corrected chi connectivity index (χ4v) is 0.934. The lowest BCUT2D eigenvalue weighted by Gasteiger charge is -2.06. The van der Waals surface area contributed by atoms with Crippen molar-refractivity contribution in [3.63, 3.8) is 0 Å². The monoisotopic (exact) mass is 153 g/mol. The summed E-state index contributed by atoms with van der Waals surface area (Å²) in [6.45, 7) is 1.07. The van der Waals surface area contributed by atoms with E-state index in [4.69, 9.17) is 0 Å². The number of aromatic nitrogens is 2. The van der Waals surface area contributed by atoms with Gasteiger partial charge in [-0.15, -0.1) is 0 Å². The highest BCUT2D eigenvalue weighted by atomic mass is 15.1. The van der Waals surface area contributed by atoms with Crippen molar-refractivity contribution in [2.24, 2.45) is 7.05 Å². The molecule has 0 aliphatic heterocycles. The smallest absolute Gasteiger partial charge is 0.0946 e. The molecular formula is C8H15N3. The van der Waals surface area contributed by atoms with Crippen LogP contribution in [-0.4, -0.2) is 35.1 Å². The Morgan fingerprint density at radius 3 is 2.73 bits per heavy atom. The summed E-state index contributed by atoms with van der Waals surface area (Å²) in [4.78, 5) is 6.39. The molecule has 0 unspecified atom stereocenters. The zero-order valence-corrected chi connectivity index (χ0v) is 7.41. The van der Waals surface area contributed by atoms with Crippen LogP contribution in [-0.2, 0) is 13.5 Å². The average molecular weight is 153 g/mol. The first kappa shape index (κ1) is 8.27. The zero-order chi connectivity index (χ0) is 8.27. The van der Waals surface area contributed by atoms with Crippen LogP contribution in [0, 0.1) is 0 Å². The molecule has 1 aromatic heterocycles. The number of likely N-dealkylation sites (N-methyl/N-ethyl adjacent to an activating group) is 1. The van der Waals surface area contributed by atoms with E-state index >= 15 is 0 Å². The summed E-state index contributed by atoms with van der Waals surface area (Å²) in [5.41, 5.74) is 1.17. The third-order valence-electron chi connectivity index (χ3n) is 1.57. The van der Waals surface area contributed by atoms with Crippen LogP contribution in [0.3, 0.4) is 0 Å². The molecule has 1 aromatic rings. The van der Waals surface area contributed by atoms with Crippen LogP contribution in [0.4, 0.5) is 0 Å². The number of hydrogen-bond acceptors (Lipinski definition) is 2. The molecule has 0 fully saturated rings. The second-order valence-electron chi connectivity index (χ2n) is 3.08. The van der Waals surface area contributed by atoms with Crippen molar-refractivity contribution < 1.29 is 0 Å². The van der Waals surface area contributed by atoms with E-state index in [0.29, 0.717) is 0 Å². The zero-order valence-electron chi connectivity index (χ0n) is 7.41. The van der Waals surface area contributed by atoms with Crippen molar-refractivity contribution in [2.45, 2.75) is 6.42 Å². The van der Waals surface area contributed by atoms with E-state index in [1.807, 2.05) is 17.9 Å². The normalized spacial score (nSPS) is 10.9. The van der Waals surface area contributed by atoms with Gasteiger partial charge in [-0.3, -0.25) is 0 Å². The van der Waals surface area contributed by atoms with Crippen LogP contribution in [0.25, 0.3) is 0 Å². The number of aryl methyl sites for hydroxylation is 1. The molecule has 0 aliphatic rings. The van der Waals surface area contributed by atoms with Gasteiger partial charge in [0.15, 0.2) is 0 Å². The minimum absolute atomic E-state index is 1.04. The standard InChI is InChI=1S/C8H15N3/c1-10(2)5-4-8-6-11(3)7-9-8/h6-7H,4-5H2,1-3H3. The quantitative estimate of drug-likeness (QED) is 0.631. The minimum Gasteiger partial charge on any atom is -0.340 e. The number of nitrogens with zero attached hydrogens (tertiary/aromatic N) is 3. The number of imidazole rings is 1. The predicted molar refractivity (Wildman–Crippen MR) is 45.5 cm³/mol. The van der Waals surface area contributed by atoms with Crippen molar-refractivity contribution in [3.05, 3.63) is 18.2 Å². The van der Waals surface area contributed by atoms with Gasteiger partial charge in [0, 0.05) is 26.2 Å². The average Bonchev–Trinajstić information content (AvgIpc) is 2.31. The van der Waals surface area contributed by atoms with Gasteiger partial charge < -0.3 is 9.47 Å². The third kappa shape index (κ3) is 2.72. The molecule has 0 radical (unpaired) electrons. The summed E-state index contributed by atoms with van der Waals surface area (Å²) < 4.78 is 1.98. The van der Waals surface area contributed by atoms with Gasteiger partial charge in [-0.05, 0) is 14.1 Å². The van der Waals surface area contributed by atoms with Crippen molar-refractivity contribution in [1.29, 1.82) is 0 Å². The van der Waals surface area contributed by atoms with Crippen LogP contribution in [0.15, 0.2) is 12.5 Å². The van der Waals surface area contributed by atoms with E-state index in [1.54, 1.807) is 0 Å². The fourth-order valence-electron chi connectivity index (χ4n) is 0.934. The molecule has 0 aliphatic carbocycles. The summed E-state index contributed by atoms with van der Waals surface area (Å²) in [5, 5.41) is 0. The summed E-state index contributed by atoms with van der Waals surface area (Å²) in [6, 6.07) is 0. The molecule has 0 saturated carbocycles. The molecule has 11 heavy (non-hydrogen) atoms. The molecule has 0 N–H and O–H groups in total. The van der Waals surface area contributed by atoms with Gasteiger partial charge in [0.05, 0.1) is 12.0 Å². The molecular weight excluding hydrogens is 138 g/mol. The summed E-state index contributed by atoms with van der Waals surface area (Å²) in [7, 11) is 6.14. The first-order chi connectivity index (χ1) is 5.18. The maximum Gasteiger partial charge on any atom is 0.0946 e. The van der Waals surface area contributed by atoms with E-state index < -0.39 is 0 Å². The van der Waals surface area contributed by atoms with Gasteiger partial charge in [-0.25, -0.2) is 4.98 Å². The Hall–Kier alpha value is -0.830. The first-order valence-corrected chi connectivity index (χ1v) is 3.80. The minimum atomic E-state index is 1.04. The first-order valence-electron chi connectivity index (χ1n) is 3.80. The van der Waals surface area contributed by atoms with Gasteiger partial charge >= 0.3 is 0 Å². The predicted octanol–water partition coefficient (Wildman–Crippen LogP) is 0.524. The Labute approximate surface area is 67.7 Å². The van der Waals surface area contributed by atoms with Crippen molar-refractivity contribution in [3.8, 4) is 0 Å². The molecule has 0 atom stereocenters. The maximum atomic E-state index is 4.22. The summed E-state index contributed by atoms with van der Waals surface area (Å²) in [6.07, 6.45) is 4.93. The summed E-state index contributed by atoms with van der Waals surface area (Å²) in [5.74, 6) is 0.